The van der Waals surface area contributed by atoms with Crippen LogP contribution < -0.4 is 10.1 Å². The molecule has 1 aromatic rings. The van der Waals surface area contributed by atoms with E-state index < -0.39 is 0 Å². The van der Waals surface area contributed by atoms with Crippen molar-refractivity contribution in [2.24, 2.45) is 0 Å². The first-order valence-corrected chi connectivity index (χ1v) is 10.00. The summed E-state index contributed by atoms with van der Waals surface area (Å²) in [7, 11) is 5.67. The van der Waals surface area contributed by atoms with Crippen LogP contribution in [0.3, 0.4) is 0 Å². The number of ether oxygens (including phenoxy) is 1. The van der Waals surface area contributed by atoms with Crippen LogP contribution in [-0.4, -0.2) is 86.0 Å². The fourth-order valence-corrected chi connectivity index (χ4v) is 4.28. The van der Waals surface area contributed by atoms with Crippen molar-refractivity contribution >= 4 is 11.8 Å². The van der Waals surface area contributed by atoms with Gasteiger partial charge in [-0.05, 0) is 26.0 Å². The minimum Gasteiger partial charge on any atom is -0.496 e. The van der Waals surface area contributed by atoms with Crippen LogP contribution in [0.25, 0.3) is 0 Å². The summed E-state index contributed by atoms with van der Waals surface area (Å²) < 4.78 is 5.35. The second-order valence-electron chi connectivity index (χ2n) is 8.01. The average molecular weight is 389 g/mol. The van der Waals surface area contributed by atoms with E-state index in [2.05, 4.69) is 22.2 Å². The van der Waals surface area contributed by atoms with Crippen LogP contribution in [-0.2, 0) is 16.1 Å². The summed E-state index contributed by atoms with van der Waals surface area (Å²) in [6.45, 7) is 4.22. The van der Waals surface area contributed by atoms with Gasteiger partial charge in [-0.25, -0.2) is 0 Å². The summed E-state index contributed by atoms with van der Waals surface area (Å²) in [6, 6.07) is 7.72. The lowest BCUT2D eigenvalue weighted by molar-refractivity contribution is -0.129. The molecule has 1 spiro atoms. The Morgan fingerprint density at radius 2 is 1.96 bits per heavy atom. The molecule has 2 fully saturated rings. The number of nitrogens with zero attached hydrogens (tertiary/aromatic N) is 3. The third kappa shape index (κ3) is 4.64. The van der Waals surface area contributed by atoms with Crippen molar-refractivity contribution in [1.82, 2.24) is 20.0 Å². The number of carbonyl (C=O) groups is 2. The van der Waals surface area contributed by atoms with Gasteiger partial charge >= 0.3 is 0 Å². The maximum Gasteiger partial charge on any atom is 0.234 e. The zero-order valence-corrected chi connectivity index (χ0v) is 17.2. The van der Waals surface area contributed by atoms with Crippen LogP contribution in [0.5, 0.6) is 5.75 Å². The molecule has 2 aliphatic rings. The first kappa shape index (κ1) is 20.6. The van der Waals surface area contributed by atoms with E-state index in [1.54, 1.807) is 7.11 Å². The van der Waals surface area contributed by atoms with Crippen LogP contribution in [0, 0.1) is 0 Å². The van der Waals surface area contributed by atoms with Gasteiger partial charge in [-0.1, -0.05) is 18.2 Å². The summed E-state index contributed by atoms with van der Waals surface area (Å²) in [5.41, 5.74) is 0.945. The van der Waals surface area contributed by atoms with Crippen molar-refractivity contribution in [2.45, 2.75) is 31.3 Å². The Kier molecular flexibility index (Phi) is 6.57. The van der Waals surface area contributed by atoms with Crippen molar-refractivity contribution in [3.8, 4) is 5.75 Å². The zero-order valence-electron chi connectivity index (χ0n) is 17.2. The molecule has 1 N–H and O–H groups in total. The summed E-state index contributed by atoms with van der Waals surface area (Å²) in [5, 5.41) is 3.01. The Labute approximate surface area is 167 Å². The van der Waals surface area contributed by atoms with Gasteiger partial charge in [0.05, 0.1) is 13.7 Å². The lowest BCUT2D eigenvalue weighted by Gasteiger charge is -2.49. The fourth-order valence-electron chi connectivity index (χ4n) is 4.28. The summed E-state index contributed by atoms with van der Waals surface area (Å²) in [4.78, 5) is 31.1. The molecule has 7 nitrogen and oxygen atoms in total. The number of hydrogen-bond donors (Lipinski definition) is 1. The Morgan fingerprint density at radius 1 is 1.18 bits per heavy atom. The van der Waals surface area contributed by atoms with Gasteiger partial charge in [0.25, 0.3) is 0 Å². The Morgan fingerprint density at radius 3 is 2.75 bits per heavy atom. The van der Waals surface area contributed by atoms with Gasteiger partial charge in [-0.2, -0.15) is 0 Å². The topological polar surface area (TPSA) is 65.1 Å². The van der Waals surface area contributed by atoms with Gasteiger partial charge in [0, 0.05) is 57.3 Å². The van der Waals surface area contributed by atoms with E-state index in [9.17, 15) is 9.59 Å². The molecule has 0 saturated carbocycles. The molecule has 2 saturated heterocycles. The second-order valence-corrected chi connectivity index (χ2v) is 8.01. The molecule has 28 heavy (non-hydrogen) atoms. The Balaban J connectivity index is 1.57. The standard InChI is InChI=1S/C21H32N4O3/c1-23-11-10-21(9-8-20(23)27)16-25(13-12-24(21)2)15-19(26)22-14-17-6-4-5-7-18(17)28-3/h4-7H,8-16H2,1-3H3,(H,22,26)/t21-/m1/s1. The molecular weight excluding hydrogens is 356 g/mol. The highest BCUT2D eigenvalue weighted by Gasteiger charge is 2.41. The van der Waals surface area contributed by atoms with E-state index in [0.29, 0.717) is 19.5 Å². The largest absolute Gasteiger partial charge is 0.496 e. The SMILES string of the molecule is COc1ccccc1CNC(=O)CN1CCN(C)[C@@]2(CCC(=O)N(C)CC2)C1. The van der Waals surface area contributed by atoms with Crippen molar-refractivity contribution < 1.29 is 14.3 Å². The normalized spacial score (nSPS) is 24.2. The number of para-hydroxylation sites is 1. The Bertz CT molecular complexity index is 711. The molecule has 0 bridgehead atoms. The number of hydrogen-bond acceptors (Lipinski definition) is 5. The highest BCUT2D eigenvalue weighted by molar-refractivity contribution is 5.78. The van der Waals surface area contributed by atoms with Crippen LogP contribution in [0.4, 0.5) is 0 Å². The maximum atomic E-state index is 12.5. The molecule has 0 aliphatic carbocycles. The molecule has 2 aliphatic heterocycles. The van der Waals surface area contributed by atoms with Gasteiger partial charge in [-0.15, -0.1) is 0 Å². The van der Waals surface area contributed by atoms with Crippen molar-refractivity contribution in [3.05, 3.63) is 29.8 Å². The van der Waals surface area contributed by atoms with Crippen molar-refractivity contribution in [3.63, 3.8) is 0 Å². The molecule has 0 unspecified atom stereocenters. The number of nitrogens with one attached hydrogen (secondary N) is 1. The highest BCUT2D eigenvalue weighted by atomic mass is 16.5. The van der Waals surface area contributed by atoms with E-state index in [4.69, 9.17) is 4.74 Å². The second kappa shape index (κ2) is 8.92. The molecule has 1 aromatic carbocycles. The predicted octanol–water partition coefficient (Wildman–Crippen LogP) is 0.940. The van der Waals surface area contributed by atoms with E-state index in [-0.39, 0.29) is 17.4 Å². The number of likely N-dealkylation sites (tertiary alicyclic amines) is 1. The van der Waals surface area contributed by atoms with E-state index in [1.807, 2.05) is 36.2 Å². The number of benzene rings is 1. The van der Waals surface area contributed by atoms with Crippen molar-refractivity contribution in [1.29, 1.82) is 0 Å². The number of rotatable bonds is 5. The summed E-state index contributed by atoms with van der Waals surface area (Å²) in [5.74, 6) is 1.03. The number of amides is 2. The van der Waals surface area contributed by atoms with E-state index in [1.165, 1.54) is 0 Å². The Hall–Kier alpha value is -2.12. The third-order valence-electron chi connectivity index (χ3n) is 6.26. The monoisotopic (exact) mass is 388 g/mol. The number of likely N-dealkylation sites (N-methyl/N-ethyl adjacent to an activating group) is 1. The molecule has 3 rings (SSSR count). The predicted molar refractivity (Wildman–Crippen MR) is 108 cm³/mol. The van der Waals surface area contributed by atoms with Crippen LogP contribution in [0.2, 0.25) is 0 Å². The molecule has 7 heteroatoms. The molecule has 2 heterocycles. The van der Waals surface area contributed by atoms with E-state index in [0.717, 1.165) is 50.3 Å². The maximum absolute atomic E-state index is 12.5. The minimum absolute atomic E-state index is 0.0208. The lowest BCUT2D eigenvalue weighted by Crippen LogP contribution is -2.62. The smallest absolute Gasteiger partial charge is 0.234 e. The highest BCUT2D eigenvalue weighted by Crippen LogP contribution is 2.31. The van der Waals surface area contributed by atoms with Gasteiger partial charge in [0.1, 0.15) is 5.75 Å². The van der Waals surface area contributed by atoms with Crippen molar-refractivity contribution in [2.75, 3.05) is 53.9 Å². The fraction of sp³-hybridized carbons (Fsp3) is 0.619. The molecule has 0 radical (unpaired) electrons. The first-order chi connectivity index (χ1) is 13.4. The average Bonchev–Trinajstić information content (AvgIpc) is 2.84. The minimum atomic E-state index is -0.0262. The van der Waals surface area contributed by atoms with Crippen LogP contribution in [0.15, 0.2) is 24.3 Å². The molecule has 1 atom stereocenters. The first-order valence-electron chi connectivity index (χ1n) is 10.00. The van der Waals surface area contributed by atoms with Gasteiger partial charge in [0.15, 0.2) is 0 Å². The third-order valence-corrected chi connectivity index (χ3v) is 6.26. The zero-order chi connectivity index (χ0) is 20.1. The summed E-state index contributed by atoms with van der Waals surface area (Å²) >= 11 is 0. The van der Waals surface area contributed by atoms with Gasteiger partial charge in [0.2, 0.25) is 11.8 Å². The number of methoxy groups -OCH3 is 1. The van der Waals surface area contributed by atoms with Crippen LogP contribution >= 0.6 is 0 Å². The van der Waals surface area contributed by atoms with Crippen LogP contribution in [0.1, 0.15) is 24.8 Å². The lowest BCUT2D eigenvalue weighted by atomic mass is 9.86. The molecular formula is C21H32N4O3. The molecule has 0 aromatic heterocycles. The molecule has 2 amide bonds. The number of piperazine rings is 1. The summed E-state index contributed by atoms with van der Waals surface area (Å²) in [6.07, 6.45) is 2.38. The quantitative estimate of drug-likeness (QED) is 0.813. The van der Waals surface area contributed by atoms with E-state index >= 15 is 0 Å². The van der Waals surface area contributed by atoms with Gasteiger partial charge in [-0.3, -0.25) is 19.4 Å². The number of carbonyl (C=O) groups excluding carboxylic acids is 2. The molecule has 154 valence electrons. The van der Waals surface area contributed by atoms with Gasteiger partial charge < -0.3 is 15.0 Å².